The first-order valence-corrected chi connectivity index (χ1v) is 6.36. The number of benzene rings is 2. The Kier molecular flexibility index (Phi) is 3.93. The maximum absolute atomic E-state index is 13.8. The summed E-state index contributed by atoms with van der Waals surface area (Å²) in [6.45, 7) is 6.28. The quantitative estimate of drug-likeness (QED) is 0.589. The van der Waals surface area contributed by atoms with Crippen LogP contribution in [0.1, 0.15) is 26.3 Å². The van der Waals surface area contributed by atoms with Crippen molar-refractivity contribution in [3.05, 3.63) is 59.9 Å². The van der Waals surface area contributed by atoms with E-state index in [4.69, 9.17) is 4.84 Å². The van der Waals surface area contributed by atoms with Gasteiger partial charge in [-0.05, 0) is 40.5 Å². The second-order valence-corrected chi connectivity index (χ2v) is 5.59. The molecule has 2 aromatic carbocycles. The van der Waals surface area contributed by atoms with Crippen LogP contribution >= 0.6 is 0 Å². The Morgan fingerprint density at radius 2 is 1.65 bits per heavy atom. The second-order valence-electron chi connectivity index (χ2n) is 5.59. The molecule has 0 amide bonds. The molecule has 0 N–H and O–H groups in total. The molecule has 0 atom stereocenters. The minimum Gasteiger partial charge on any atom is -0.350 e. The zero-order valence-electron chi connectivity index (χ0n) is 11.7. The van der Waals surface area contributed by atoms with Crippen LogP contribution < -0.4 is 10.1 Å². The van der Waals surface area contributed by atoms with Gasteiger partial charge >= 0.3 is 0 Å². The summed E-state index contributed by atoms with van der Waals surface area (Å²) in [4.78, 5) is 5.02. The third kappa shape index (κ3) is 3.47. The number of hydrogen-bond donors (Lipinski definition) is 0. The number of anilines is 1. The second kappa shape index (κ2) is 5.49. The Bertz CT molecular complexity index is 576. The van der Waals surface area contributed by atoms with Crippen molar-refractivity contribution in [3.8, 4) is 5.75 Å². The molecule has 0 bridgehead atoms. The molecule has 0 aliphatic heterocycles. The van der Waals surface area contributed by atoms with Crippen LogP contribution in [-0.4, -0.2) is 0 Å². The minimum atomic E-state index is -0.517. The molecule has 2 nitrogen and oxygen atoms in total. The van der Waals surface area contributed by atoms with Crippen LogP contribution in [0.15, 0.2) is 48.5 Å². The summed E-state index contributed by atoms with van der Waals surface area (Å²) in [5.74, 6) is -0.165. The molecular weight excluding hydrogens is 260 g/mol. The zero-order chi connectivity index (χ0) is 14.8. The lowest BCUT2D eigenvalue weighted by molar-refractivity contribution is 0.140. The molecule has 2 aromatic rings. The van der Waals surface area contributed by atoms with Gasteiger partial charge in [0.25, 0.3) is 0 Å². The summed E-state index contributed by atoms with van der Waals surface area (Å²) >= 11 is 0. The highest BCUT2D eigenvalue weighted by atomic mass is 19.2. The molecule has 106 valence electrons. The zero-order valence-corrected chi connectivity index (χ0v) is 11.7. The molecule has 0 unspecified atom stereocenters. The first-order chi connectivity index (χ1) is 9.36. The fourth-order valence-electron chi connectivity index (χ4n) is 1.75. The monoisotopic (exact) mass is 277 g/mol. The van der Waals surface area contributed by atoms with Crippen LogP contribution in [0.4, 0.5) is 14.6 Å². The maximum Gasteiger partial charge on any atom is 0.158 e. The molecule has 0 spiro atoms. The summed E-state index contributed by atoms with van der Waals surface area (Å²) in [6.07, 6.45) is 0. The maximum atomic E-state index is 13.8. The van der Waals surface area contributed by atoms with Gasteiger partial charge in [-0.3, -0.25) is 0 Å². The van der Waals surface area contributed by atoms with Gasteiger partial charge in [-0.15, -0.1) is 0 Å². The van der Waals surface area contributed by atoms with Gasteiger partial charge in [0, 0.05) is 6.07 Å². The van der Waals surface area contributed by atoms with Crippen molar-refractivity contribution in [2.24, 2.45) is 0 Å². The Balaban J connectivity index is 2.10. The molecule has 2 rings (SSSR count). The molecule has 0 radical (unpaired) electrons. The summed E-state index contributed by atoms with van der Waals surface area (Å²) in [5, 5.41) is 0.0508. The average Bonchev–Trinajstić information content (AvgIpc) is 2.38. The van der Waals surface area contributed by atoms with Crippen molar-refractivity contribution >= 4 is 5.69 Å². The van der Waals surface area contributed by atoms with Gasteiger partial charge in [0.15, 0.2) is 5.75 Å². The predicted octanol–water partition coefficient (Wildman–Crippen LogP) is 4.81. The molecule has 0 aliphatic rings. The van der Waals surface area contributed by atoms with E-state index in [1.807, 2.05) is 12.1 Å². The van der Waals surface area contributed by atoms with Crippen LogP contribution in [0, 0.1) is 5.82 Å². The van der Waals surface area contributed by atoms with E-state index in [2.05, 4.69) is 20.8 Å². The normalized spacial score (nSPS) is 11.2. The van der Waals surface area contributed by atoms with E-state index >= 15 is 0 Å². The smallest absolute Gasteiger partial charge is 0.158 e. The van der Waals surface area contributed by atoms with Crippen molar-refractivity contribution < 1.29 is 13.7 Å². The largest absolute Gasteiger partial charge is 0.350 e. The molecule has 0 fully saturated rings. The fourth-order valence-corrected chi connectivity index (χ4v) is 1.75. The van der Waals surface area contributed by atoms with E-state index in [9.17, 15) is 8.87 Å². The molecule has 0 saturated heterocycles. The number of nitrogens with zero attached hydrogens (tertiary/aromatic N) is 1. The van der Waals surface area contributed by atoms with E-state index in [0.29, 0.717) is 5.75 Å². The minimum absolute atomic E-state index is 0.00454. The number of rotatable bonds is 3. The molecule has 0 aromatic heterocycles. The van der Waals surface area contributed by atoms with Gasteiger partial charge in [-0.2, -0.15) is 0 Å². The summed E-state index contributed by atoms with van der Waals surface area (Å²) in [6, 6.07) is 12.3. The molecule has 4 heteroatoms. The Hall–Kier alpha value is -2.10. The highest BCUT2D eigenvalue weighted by Crippen LogP contribution is 2.25. The van der Waals surface area contributed by atoms with Crippen molar-refractivity contribution in [2.45, 2.75) is 26.2 Å². The van der Waals surface area contributed by atoms with Gasteiger partial charge in [-0.1, -0.05) is 43.5 Å². The first-order valence-electron chi connectivity index (χ1n) is 6.36. The van der Waals surface area contributed by atoms with Crippen LogP contribution in [0.25, 0.3) is 0 Å². The van der Waals surface area contributed by atoms with Crippen molar-refractivity contribution in [1.82, 2.24) is 0 Å². The van der Waals surface area contributed by atoms with Crippen LogP contribution in [-0.2, 0) is 5.41 Å². The van der Waals surface area contributed by atoms with E-state index in [1.165, 1.54) is 18.2 Å². The highest BCUT2D eigenvalue weighted by molar-refractivity contribution is 5.42. The first kappa shape index (κ1) is 14.3. The third-order valence-corrected chi connectivity index (χ3v) is 2.92. The lowest BCUT2D eigenvalue weighted by Gasteiger charge is -2.19. The summed E-state index contributed by atoms with van der Waals surface area (Å²) in [7, 11) is 0. The van der Waals surface area contributed by atoms with Gasteiger partial charge in [-0.25, -0.2) is 4.39 Å². The third-order valence-electron chi connectivity index (χ3n) is 2.92. The van der Waals surface area contributed by atoms with Crippen molar-refractivity contribution in [2.75, 3.05) is 5.29 Å². The molecule has 0 saturated carbocycles. The Labute approximate surface area is 117 Å². The van der Waals surface area contributed by atoms with Crippen LogP contribution in [0.5, 0.6) is 5.75 Å². The lowest BCUT2D eigenvalue weighted by Crippen LogP contribution is -2.17. The molecule has 0 heterocycles. The van der Waals surface area contributed by atoms with E-state index in [0.717, 1.165) is 11.6 Å². The molecule has 20 heavy (non-hydrogen) atoms. The molecular formula is C16H17F2NO. The van der Waals surface area contributed by atoms with Gasteiger partial charge < -0.3 is 4.84 Å². The Morgan fingerprint density at radius 1 is 1.00 bits per heavy atom. The standard InChI is InChI=1S/C16H17F2NO/c1-16(2,3)12-7-9-15(10-8-12)20-19(18)14-6-4-5-13(17)11-14/h4-11H,1-3H3. The van der Waals surface area contributed by atoms with Gasteiger partial charge in [0.05, 0.1) is 0 Å². The predicted molar refractivity (Wildman–Crippen MR) is 75.8 cm³/mol. The highest BCUT2D eigenvalue weighted by Gasteiger charge is 2.14. The van der Waals surface area contributed by atoms with Crippen molar-refractivity contribution in [1.29, 1.82) is 0 Å². The molecule has 0 aliphatic carbocycles. The summed E-state index contributed by atoms with van der Waals surface area (Å²) < 4.78 is 26.8. The van der Waals surface area contributed by atoms with Crippen LogP contribution in [0.2, 0.25) is 0 Å². The van der Waals surface area contributed by atoms with Crippen molar-refractivity contribution in [3.63, 3.8) is 0 Å². The van der Waals surface area contributed by atoms with Gasteiger partial charge in [0.2, 0.25) is 0 Å². The van der Waals surface area contributed by atoms with Crippen LogP contribution in [0.3, 0.4) is 0 Å². The average molecular weight is 277 g/mol. The van der Waals surface area contributed by atoms with E-state index in [1.54, 1.807) is 12.1 Å². The SMILES string of the molecule is CC(C)(C)c1ccc(ON(F)c2cccc(F)c2)cc1. The topological polar surface area (TPSA) is 12.5 Å². The fraction of sp³-hybridized carbons (Fsp3) is 0.250. The van der Waals surface area contributed by atoms with E-state index < -0.39 is 5.82 Å². The van der Waals surface area contributed by atoms with E-state index in [-0.39, 0.29) is 16.4 Å². The lowest BCUT2D eigenvalue weighted by atomic mass is 9.87. The Morgan fingerprint density at radius 3 is 2.20 bits per heavy atom. The number of halogens is 2. The van der Waals surface area contributed by atoms with Gasteiger partial charge in [0.1, 0.15) is 11.5 Å². The number of hydrogen-bond acceptors (Lipinski definition) is 2. The summed E-state index contributed by atoms with van der Waals surface area (Å²) in [5.41, 5.74) is 1.15.